The van der Waals surface area contributed by atoms with E-state index in [9.17, 15) is 13.2 Å². The molecule has 3 heterocycles. The molecule has 0 unspecified atom stereocenters. The molecule has 0 aliphatic carbocycles. The number of carbonyl (C=O) groups is 1. The van der Waals surface area contributed by atoms with E-state index in [4.69, 9.17) is 4.74 Å². The number of hydrogen-bond acceptors (Lipinski definition) is 7. The van der Waals surface area contributed by atoms with Gasteiger partial charge >= 0.3 is 0 Å². The van der Waals surface area contributed by atoms with Crippen molar-refractivity contribution in [2.75, 3.05) is 37.9 Å². The van der Waals surface area contributed by atoms with Gasteiger partial charge in [-0.05, 0) is 54.6 Å². The first-order valence-electron chi connectivity index (χ1n) is 10.8. The van der Waals surface area contributed by atoms with E-state index >= 15 is 0 Å². The zero-order valence-electron chi connectivity index (χ0n) is 18.5. The zero-order valence-corrected chi connectivity index (χ0v) is 19.3. The van der Waals surface area contributed by atoms with E-state index in [0.717, 1.165) is 16.8 Å². The highest BCUT2D eigenvalue weighted by Gasteiger charge is 2.18. The summed E-state index contributed by atoms with van der Waals surface area (Å²) >= 11 is 0. The lowest BCUT2D eigenvalue weighted by Crippen LogP contribution is -2.40. The Morgan fingerprint density at radius 2 is 1.71 bits per heavy atom. The van der Waals surface area contributed by atoms with Crippen LogP contribution in [0.3, 0.4) is 0 Å². The fourth-order valence-electron chi connectivity index (χ4n) is 3.81. The van der Waals surface area contributed by atoms with Gasteiger partial charge in [-0.2, -0.15) is 4.98 Å². The van der Waals surface area contributed by atoms with Gasteiger partial charge in [0.05, 0.1) is 18.1 Å². The van der Waals surface area contributed by atoms with Crippen molar-refractivity contribution in [2.24, 2.45) is 0 Å². The van der Waals surface area contributed by atoms with Crippen LogP contribution < -0.4 is 5.32 Å². The number of fused-ring (bicyclic) bond motifs is 1. The van der Waals surface area contributed by atoms with Gasteiger partial charge < -0.3 is 19.5 Å². The number of aromatic nitrogens is 3. The van der Waals surface area contributed by atoms with Crippen molar-refractivity contribution >= 4 is 38.4 Å². The van der Waals surface area contributed by atoms with Gasteiger partial charge in [0.15, 0.2) is 9.84 Å². The number of amides is 1. The van der Waals surface area contributed by atoms with E-state index in [2.05, 4.69) is 15.3 Å². The fraction of sp³-hybridized carbons (Fsp3) is 0.208. The Bertz CT molecular complexity index is 1440. The lowest BCUT2D eigenvalue weighted by molar-refractivity contribution is 0.0303. The van der Waals surface area contributed by atoms with Gasteiger partial charge in [-0.15, -0.1) is 0 Å². The van der Waals surface area contributed by atoms with Crippen LogP contribution in [0.25, 0.3) is 16.7 Å². The summed E-state index contributed by atoms with van der Waals surface area (Å²) in [5, 5.41) is 4.03. The Labute approximate surface area is 196 Å². The summed E-state index contributed by atoms with van der Waals surface area (Å²) in [4.78, 5) is 23.7. The molecule has 4 aromatic rings. The maximum atomic E-state index is 12.6. The molecule has 174 valence electrons. The Morgan fingerprint density at radius 3 is 2.38 bits per heavy atom. The number of nitrogens with zero attached hydrogens (tertiary/aromatic N) is 4. The zero-order chi connectivity index (χ0) is 23.7. The Balaban J connectivity index is 1.36. The molecule has 0 bridgehead atoms. The summed E-state index contributed by atoms with van der Waals surface area (Å²) in [5.41, 5.74) is 2.85. The van der Waals surface area contributed by atoms with Gasteiger partial charge in [-0.25, -0.2) is 13.4 Å². The topological polar surface area (TPSA) is 106 Å². The summed E-state index contributed by atoms with van der Waals surface area (Å²) in [6.07, 6.45) is 4.77. The molecule has 1 aliphatic heterocycles. The standard InChI is InChI=1S/C24H23N5O4S/c1-34(31,32)21-8-6-20(7-9-21)29-11-10-18-16-25-24(27-22(18)29)26-19-4-2-17(3-5-19)23(30)28-12-14-33-15-13-28/h2-11,16H,12-15H2,1H3,(H,25,26,27). The number of rotatable bonds is 5. The van der Waals surface area contributed by atoms with Gasteiger partial charge in [0.2, 0.25) is 5.95 Å². The number of ether oxygens (including phenoxy) is 1. The monoisotopic (exact) mass is 477 g/mol. The van der Waals surface area contributed by atoms with Crippen molar-refractivity contribution in [2.45, 2.75) is 4.90 Å². The van der Waals surface area contributed by atoms with Crippen molar-refractivity contribution < 1.29 is 17.9 Å². The fourth-order valence-corrected chi connectivity index (χ4v) is 4.45. The number of morpholine rings is 1. The highest BCUT2D eigenvalue weighted by molar-refractivity contribution is 7.90. The smallest absolute Gasteiger partial charge is 0.254 e. The van der Waals surface area contributed by atoms with E-state index in [1.54, 1.807) is 47.5 Å². The first kappa shape index (κ1) is 22.1. The average molecular weight is 478 g/mol. The third kappa shape index (κ3) is 4.50. The minimum Gasteiger partial charge on any atom is -0.378 e. The van der Waals surface area contributed by atoms with Crippen molar-refractivity contribution in [1.29, 1.82) is 0 Å². The molecule has 1 saturated heterocycles. The number of nitrogens with one attached hydrogen (secondary N) is 1. The van der Waals surface area contributed by atoms with Gasteiger partial charge in [0.1, 0.15) is 5.65 Å². The second-order valence-corrected chi connectivity index (χ2v) is 10.0. The van der Waals surface area contributed by atoms with Gasteiger partial charge in [-0.1, -0.05) is 0 Å². The molecule has 1 fully saturated rings. The molecule has 9 nitrogen and oxygen atoms in total. The molecular formula is C24H23N5O4S. The largest absolute Gasteiger partial charge is 0.378 e. The Kier molecular flexibility index (Phi) is 5.76. The van der Waals surface area contributed by atoms with Crippen LogP contribution in [0.4, 0.5) is 11.6 Å². The Morgan fingerprint density at radius 1 is 1.00 bits per heavy atom. The molecule has 2 aromatic heterocycles. The summed E-state index contributed by atoms with van der Waals surface area (Å²) in [5.74, 6) is 0.403. The van der Waals surface area contributed by atoms with Crippen LogP contribution in [-0.4, -0.2) is 66.3 Å². The van der Waals surface area contributed by atoms with Crippen LogP contribution in [0, 0.1) is 0 Å². The van der Waals surface area contributed by atoms with Gasteiger partial charge in [-0.3, -0.25) is 4.79 Å². The highest BCUT2D eigenvalue weighted by atomic mass is 32.2. The summed E-state index contributed by atoms with van der Waals surface area (Å²) in [7, 11) is -3.26. The third-order valence-electron chi connectivity index (χ3n) is 5.66. The molecule has 1 amide bonds. The molecule has 1 aliphatic rings. The summed E-state index contributed by atoms with van der Waals surface area (Å²) < 4.78 is 30.7. The van der Waals surface area contributed by atoms with E-state index in [0.29, 0.717) is 43.5 Å². The lowest BCUT2D eigenvalue weighted by Gasteiger charge is -2.26. The number of anilines is 2. The maximum absolute atomic E-state index is 12.6. The normalized spacial score (nSPS) is 14.3. The molecule has 0 radical (unpaired) electrons. The van der Waals surface area contributed by atoms with Crippen LogP contribution >= 0.6 is 0 Å². The van der Waals surface area contributed by atoms with Crippen molar-refractivity contribution in [1.82, 2.24) is 19.4 Å². The SMILES string of the molecule is CS(=O)(=O)c1ccc(-n2ccc3cnc(Nc4ccc(C(=O)N5CCOCC5)cc4)nc32)cc1. The van der Waals surface area contributed by atoms with Gasteiger partial charge in [0.25, 0.3) is 5.91 Å². The molecule has 5 rings (SSSR count). The van der Waals surface area contributed by atoms with E-state index in [1.165, 1.54) is 6.26 Å². The lowest BCUT2D eigenvalue weighted by atomic mass is 10.1. The minimum atomic E-state index is -3.26. The number of benzene rings is 2. The minimum absolute atomic E-state index is 0.00719. The predicted molar refractivity (Wildman–Crippen MR) is 128 cm³/mol. The van der Waals surface area contributed by atoms with Crippen molar-refractivity contribution in [3.63, 3.8) is 0 Å². The van der Waals surface area contributed by atoms with E-state index < -0.39 is 9.84 Å². The maximum Gasteiger partial charge on any atom is 0.254 e. The Hall–Kier alpha value is -3.76. The van der Waals surface area contributed by atoms with E-state index in [-0.39, 0.29) is 10.8 Å². The second kappa shape index (κ2) is 8.88. The first-order valence-corrected chi connectivity index (χ1v) is 12.7. The molecular weight excluding hydrogens is 454 g/mol. The van der Waals surface area contributed by atoms with E-state index in [1.807, 2.05) is 29.0 Å². The average Bonchev–Trinajstić information content (AvgIpc) is 3.27. The van der Waals surface area contributed by atoms with Gasteiger partial charge in [0, 0.05) is 54.1 Å². The predicted octanol–water partition coefficient (Wildman–Crippen LogP) is 3.04. The molecule has 10 heteroatoms. The number of sulfone groups is 1. The van der Waals surface area contributed by atoms with Crippen LogP contribution in [0.15, 0.2) is 71.9 Å². The van der Waals surface area contributed by atoms with Crippen LogP contribution in [-0.2, 0) is 14.6 Å². The third-order valence-corrected chi connectivity index (χ3v) is 6.79. The molecule has 0 spiro atoms. The number of carbonyl (C=O) groups excluding carboxylic acids is 1. The van der Waals surface area contributed by atoms with Crippen LogP contribution in [0.5, 0.6) is 0 Å². The second-order valence-electron chi connectivity index (χ2n) is 8.03. The molecule has 0 saturated carbocycles. The quantitative estimate of drug-likeness (QED) is 0.471. The highest BCUT2D eigenvalue weighted by Crippen LogP contribution is 2.22. The van der Waals surface area contributed by atoms with Crippen molar-refractivity contribution in [3.05, 3.63) is 72.6 Å². The molecule has 2 aromatic carbocycles. The summed E-state index contributed by atoms with van der Waals surface area (Å²) in [6, 6.07) is 15.8. The number of hydrogen-bond donors (Lipinski definition) is 1. The van der Waals surface area contributed by atoms with Crippen LogP contribution in [0.1, 0.15) is 10.4 Å². The molecule has 1 N–H and O–H groups in total. The van der Waals surface area contributed by atoms with Crippen LogP contribution in [0.2, 0.25) is 0 Å². The van der Waals surface area contributed by atoms with Crippen molar-refractivity contribution in [3.8, 4) is 5.69 Å². The summed E-state index contributed by atoms with van der Waals surface area (Å²) in [6.45, 7) is 2.33. The first-order chi connectivity index (χ1) is 16.4. The molecule has 0 atom stereocenters. The molecule has 34 heavy (non-hydrogen) atoms.